The number of rotatable bonds is 6. The van der Waals surface area contributed by atoms with Gasteiger partial charge in [0.15, 0.2) is 0 Å². The highest BCUT2D eigenvalue weighted by Gasteiger charge is 2.19. The summed E-state index contributed by atoms with van der Waals surface area (Å²) in [7, 11) is 5.72. The lowest BCUT2D eigenvalue weighted by Gasteiger charge is -2.30. The zero-order chi connectivity index (χ0) is 15.2. The van der Waals surface area contributed by atoms with Gasteiger partial charge >= 0.3 is 0 Å². The van der Waals surface area contributed by atoms with E-state index in [4.69, 9.17) is 14.2 Å². The van der Waals surface area contributed by atoms with Crippen molar-refractivity contribution in [2.75, 3.05) is 47.5 Å². The first-order valence-electron chi connectivity index (χ1n) is 7.42. The SMILES string of the molecule is CNC(C)c1ccc(OC)cc1OCC1CN(C)CCO1. The van der Waals surface area contributed by atoms with Gasteiger partial charge in [0.05, 0.1) is 13.7 Å². The molecule has 0 radical (unpaired) electrons. The van der Waals surface area contributed by atoms with Crippen molar-refractivity contribution < 1.29 is 14.2 Å². The molecule has 1 N–H and O–H groups in total. The highest BCUT2D eigenvalue weighted by molar-refractivity contribution is 5.42. The Morgan fingerprint density at radius 2 is 2.29 bits per heavy atom. The number of likely N-dealkylation sites (N-methyl/N-ethyl adjacent to an activating group) is 1. The minimum absolute atomic E-state index is 0.118. The summed E-state index contributed by atoms with van der Waals surface area (Å²) in [6.45, 7) is 5.32. The molecule has 0 spiro atoms. The predicted octanol–water partition coefficient (Wildman–Crippen LogP) is 1.68. The van der Waals surface area contributed by atoms with Crippen molar-refractivity contribution in [1.82, 2.24) is 10.2 Å². The molecule has 1 aromatic carbocycles. The van der Waals surface area contributed by atoms with Crippen LogP contribution in [0, 0.1) is 0 Å². The molecule has 1 saturated heterocycles. The number of ether oxygens (including phenoxy) is 3. The standard InChI is InChI=1S/C16H26N2O3/c1-12(17-2)15-6-5-13(19-4)9-16(15)21-11-14-10-18(3)7-8-20-14/h5-6,9,12,14,17H,7-8,10-11H2,1-4H3. The first kappa shape index (κ1) is 16.1. The molecule has 118 valence electrons. The molecule has 0 amide bonds. The number of nitrogens with zero attached hydrogens (tertiary/aromatic N) is 1. The van der Waals surface area contributed by atoms with Crippen molar-refractivity contribution in [1.29, 1.82) is 0 Å². The maximum Gasteiger partial charge on any atom is 0.127 e. The molecule has 5 heteroatoms. The first-order valence-corrected chi connectivity index (χ1v) is 7.42. The van der Waals surface area contributed by atoms with E-state index in [1.165, 1.54) is 0 Å². The van der Waals surface area contributed by atoms with Gasteiger partial charge in [-0.25, -0.2) is 0 Å². The smallest absolute Gasteiger partial charge is 0.127 e. The second-order valence-electron chi connectivity index (χ2n) is 5.48. The predicted molar refractivity (Wildman–Crippen MR) is 83.2 cm³/mol. The summed E-state index contributed by atoms with van der Waals surface area (Å²) >= 11 is 0. The Morgan fingerprint density at radius 1 is 1.48 bits per heavy atom. The van der Waals surface area contributed by atoms with Gasteiger partial charge in [-0.3, -0.25) is 0 Å². The van der Waals surface area contributed by atoms with Gasteiger partial charge in [0.1, 0.15) is 24.2 Å². The van der Waals surface area contributed by atoms with Gasteiger partial charge in [-0.15, -0.1) is 0 Å². The zero-order valence-corrected chi connectivity index (χ0v) is 13.4. The molecule has 21 heavy (non-hydrogen) atoms. The normalized spacial score (nSPS) is 21.0. The fraction of sp³-hybridized carbons (Fsp3) is 0.625. The van der Waals surface area contributed by atoms with Crippen molar-refractivity contribution in [2.24, 2.45) is 0 Å². The van der Waals surface area contributed by atoms with E-state index < -0.39 is 0 Å². The first-order chi connectivity index (χ1) is 10.1. The average molecular weight is 294 g/mol. The van der Waals surface area contributed by atoms with Crippen LogP contribution in [-0.2, 0) is 4.74 Å². The third-order valence-corrected chi connectivity index (χ3v) is 3.89. The van der Waals surface area contributed by atoms with Crippen LogP contribution in [0.5, 0.6) is 11.5 Å². The fourth-order valence-electron chi connectivity index (χ4n) is 2.43. The molecule has 2 unspecified atom stereocenters. The van der Waals surface area contributed by atoms with Crippen molar-refractivity contribution in [3.8, 4) is 11.5 Å². The van der Waals surface area contributed by atoms with Crippen molar-refractivity contribution >= 4 is 0 Å². The Balaban J connectivity index is 2.06. The third-order valence-electron chi connectivity index (χ3n) is 3.89. The second-order valence-corrected chi connectivity index (χ2v) is 5.48. The van der Waals surface area contributed by atoms with Crippen LogP contribution in [0.3, 0.4) is 0 Å². The van der Waals surface area contributed by atoms with E-state index in [2.05, 4.69) is 24.2 Å². The van der Waals surface area contributed by atoms with Crippen molar-refractivity contribution in [3.63, 3.8) is 0 Å². The van der Waals surface area contributed by atoms with Gasteiger partial charge < -0.3 is 24.4 Å². The zero-order valence-electron chi connectivity index (χ0n) is 13.4. The van der Waals surface area contributed by atoms with E-state index in [1.54, 1.807) is 7.11 Å². The molecular weight excluding hydrogens is 268 g/mol. The Kier molecular flexibility index (Phi) is 5.85. The molecule has 5 nitrogen and oxygen atoms in total. The molecule has 2 atom stereocenters. The van der Waals surface area contributed by atoms with Crippen LogP contribution in [0.25, 0.3) is 0 Å². The van der Waals surface area contributed by atoms with Gasteiger partial charge in [-0.05, 0) is 27.1 Å². The minimum Gasteiger partial charge on any atom is -0.497 e. The summed E-state index contributed by atoms with van der Waals surface area (Å²) in [4.78, 5) is 2.26. The van der Waals surface area contributed by atoms with Crippen molar-refractivity contribution in [2.45, 2.75) is 19.1 Å². The minimum atomic E-state index is 0.118. The highest BCUT2D eigenvalue weighted by Crippen LogP contribution is 2.29. The van der Waals surface area contributed by atoms with Crippen LogP contribution in [-0.4, -0.2) is 58.5 Å². The van der Waals surface area contributed by atoms with Crippen LogP contribution in [0.1, 0.15) is 18.5 Å². The largest absolute Gasteiger partial charge is 0.497 e. The monoisotopic (exact) mass is 294 g/mol. The summed E-state index contributed by atoms with van der Waals surface area (Å²) in [6, 6.07) is 6.17. The summed E-state index contributed by atoms with van der Waals surface area (Å²) in [5.74, 6) is 1.66. The van der Waals surface area contributed by atoms with E-state index in [0.717, 1.165) is 36.8 Å². The van der Waals surface area contributed by atoms with Gasteiger partial charge in [-0.1, -0.05) is 6.07 Å². The molecule has 0 aromatic heterocycles. The van der Waals surface area contributed by atoms with Crippen LogP contribution < -0.4 is 14.8 Å². The lowest BCUT2D eigenvalue weighted by molar-refractivity contribution is -0.0405. The van der Waals surface area contributed by atoms with Crippen LogP contribution in [0.15, 0.2) is 18.2 Å². The molecule has 0 bridgehead atoms. The summed E-state index contributed by atoms with van der Waals surface area (Å²) in [5.41, 5.74) is 1.13. The summed E-state index contributed by atoms with van der Waals surface area (Å²) < 4.78 is 17.1. The molecule has 1 aliphatic rings. The highest BCUT2D eigenvalue weighted by atomic mass is 16.5. The van der Waals surface area contributed by atoms with Crippen LogP contribution in [0.4, 0.5) is 0 Å². The molecular formula is C16H26N2O3. The second kappa shape index (κ2) is 7.64. The number of hydrogen-bond acceptors (Lipinski definition) is 5. The third kappa shape index (κ3) is 4.33. The molecule has 1 heterocycles. The number of methoxy groups -OCH3 is 1. The number of morpholine rings is 1. The van der Waals surface area contributed by atoms with E-state index in [9.17, 15) is 0 Å². The van der Waals surface area contributed by atoms with Gasteiger partial charge in [0.25, 0.3) is 0 Å². The lowest BCUT2D eigenvalue weighted by atomic mass is 10.1. The van der Waals surface area contributed by atoms with Gasteiger partial charge in [0, 0.05) is 30.8 Å². The van der Waals surface area contributed by atoms with Crippen LogP contribution >= 0.6 is 0 Å². The Morgan fingerprint density at radius 3 is 2.95 bits per heavy atom. The molecule has 2 rings (SSSR count). The van der Waals surface area contributed by atoms with E-state index >= 15 is 0 Å². The fourth-order valence-corrected chi connectivity index (χ4v) is 2.43. The maximum atomic E-state index is 6.02. The van der Waals surface area contributed by atoms with Crippen molar-refractivity contribution in [3.05, 3.63) is 23.8 Å². The molecule has 1 aliphatic heterocycles. The summed E-state index contributed by atoms with van der Waals surface area (Å²) in [6.07, 6.45) is 0.118. The van der Waals surface area contributed by atoms with E-state index in [1.807, 2.05) is 25.2 Å². The quantitative estimate of drug-likeness (QED) is 0.865. The number of hydrogen-bond donors (Lipinski definition) is 1. The van der Waals surface area contributed by atoms with E-state index in [0.29, 0.717) is 6.61 Å². The Bertz CT molecular complexity index is 453. The molecule has 1 fully saturated rings. The Hall–Kier alpha value is -1.30. The Labute approximate surface area is 127 Å². The average Bonchev–Trinajstić information content (AvgIpc) is 2.52. The molecule has 0 aliphatic carbocycles. The lowest BCUT2D eigenvalue weighted by Crippen LogP contribution is -2.42. The summed E-state index contributed by atoms with van der Waals surface area (Å²) in [5, 5.41) is 3.24. The van der Waals surface area contributed by atoms with Crippen LogP contribution in [0.2, 0.25) is 0 Å². The molecule has 0 saturated carbocycles. The number of nitrogens with one attached hydrogen (secondary N) is 1. The van der Waals surface area contributed by atoms with E-state index in [-0.39, 0.29) is 12.1 Å². The van der Waals surface area contributed by atoms with Gasteiger partial charge in [-0.2, -0.15) is 0 Å². The number of benzene rings is 1. The topological polar surface area (TPSA) is 43.0 Å². The maximum absolute atomic E-state index is 6.02. The molecule has 1 aromatic rings. The van der Waals surface area contributed by atoms with Gasteiger partial charge in [0.2, 0.25) is 0 Å².